The van der Waals surface area contributed by atoms with E-state index in [9.17, 15) is 4.79 Å². The maximum Gasteiger partial charge on any atom is 0.407 e. The molecule has 0 spiro atoms. The van der Waals surface area contributed by atoms with Crippen molar-refractivity contribution in [2.75, 3.05) is 11.5 Å². The first-order valence-electron chi connectivity index (χ1n) is 7.74. The number of nitrogens with one attached hydrogen (secondary N) is 1. The van der Waals surface area contributed by atoms with Gasteiger partial charge in [-0.05, 0) is 42.2 Å². The van der Waals surface area contributed by atoms with Crippen LogP contribution in [0.25, 0.3) is 0 Å². The van der Waals surface area contributed by atoms with E-state index in [1.165, 1.54) is 5.56 Å². The van der Waals surface area contributed by atoms with Gasteiger partial charge in [0, 0.05) is 0 Å². The van der Waals surface area contributed by atoms with Gasteiger partial charge in [0.2, 0.25) is 0 Å². The number of carbonyl (C=O) groups excluding carboxylic acids is 1. The highest BCUT2D eigenvalue weighted by Gasteiger charge is 2.33. The zero-order valence-electron chi connectivity index (χ0n) is 12.9. The van der Waals surface area contributed by atoms with Crippen molar-refractivity contribution >= 4 is 17.9 Å². The number of benzene rings is 1. The number of aryl methyl sites for hydroxylation is 1. The largest absolute Gasteiger partial charge is 0.444 e. The van der Waals surface area contributed by atoms with Crippen molar-refractivity contribution < 1.29 is 9.53 Å². The van der Waals surface area contributed by atoms with Crippen LogP contribution in [0.3, 0.4) is 0 Å². The number of cyclic esters (lactones) is 1. The molecule has 2 atom stereocenters. The van der Waals surface area contributed by atoms with Crippen LogP contribution in [-0.2, 0) is 11.2 Å². The molecule has 3 nitrogen and oxygen atoms in total. The molecule has 0 aromatic heterocycles. The lowest BCUT2D eigenvalue weighted by molar-refractivity contribution is 0.127. The number of rotatable bonds is 8. The number of ether oxygens (including phenoxy) is 1. The van der Waals surface area contributed by atoms with Gasteiger partial charge in [-0.2, -0.15) is 11.8 Å². The quantitative estimate of drug-likeness (QED) is 0.741. The molecule has 1 aromatic rings. The van der Waals surface area contributed by atoms with Gasteiger partial charge in [0.25, 0.3) is 0 Å². The van der Waals surface area contributed by atoms with Crippen molar-refractivity contribution in [3.05, 3.63) is 35.9 Å². The van der Waals surface area contributed by atoms with E-state index in [2.05, 4.69) is 43.4 Å². The second kappa shape index (κ2) is 8.32. The fourth-order valence-corrected chi connectivity index (χ4v) is 3.60. The highest BCUT2D eigenvalue weighted by Crippen LogP contribution is 2.21. The lowest BCUT2D eigenvalue weighted by Crippen LogP contribution is -2.33. The van der Waals surface area contributed by atoms with Gasteiger partial charge in [-0.1, -0.05) is 44.2 Å². The Morgan fingerprint density at radius 2 is 2.00 bits per heavy atom. The monoisotopic (exact) mass is 307 g/mol. The number of amides is 1. The van der Waals surface area contributed by atoms with Gasteiger partial charge in [0.15, 0.2) is 0 Å². The Morgan fingerprint density at radius 1 is 1.24 bits per heavy atom. The van der Waals surface area contributed by atoms with Crippen LogP contribution < -0.4 is 5.32 Å². The summed E-state index contributed by atoms with van der Waals surface area (Å²) in [5.41, 5.74) is 1.39. The Balaban J connectivity index is 1.64. The molecule has 1 N–H and O–H groups in total. The molecule has 1 heterocycles. The van der Waals surface area contributed by atoms with Gasteiger partial charge in [0.1, 0.15) is 6.10 Å². The molecule has 1 amide bonds. The second-order valence-electron chi connectivity index (χ2n) is 5.96. The maximum absolute atomic E-state index is 11.4. The first-order chi connectivity index (χ1) is 10.1. The van der Waals surface area contributed by atoms with Crippen molar-refractivity contribution in [2.24, 2.45) is 5.92 Å². The maximum atomic E-state index is 11.4. The summed E-state index contributed by atoms with van der Waals surface area (Å²) in [4.78, 5) is 11.4. The third-order valence-corrected chi connectivity index (χ3v) is 4.68. The van der Waals surface area contributed by atoms with Crippen molar-refractivity contribution in [1.29, 1.82) is 0 Å². The van der Waals surface area contributed by atoms with E-state index in [4.69, 9.17) is 4.74 Å². The summed E-state index contributed by atoms with van der Waals surface area (Å²) in [5.74, 6) is 2.74. The van der Waals surface area contributed by atoms with Crippen molar-refractivity contribution in [1.82, 2.24) is 5.32 Å². The predicted molar refractivity (Wildman–Crippen MR) is 88.7 cm³/mol. The van der Waals surface area contributed by atoms with E-state index in [1.807, 2.05) is 17.8 Å². The van der Waals surface area contributed by atoms with Crippen molar-refractivity contribution in [2.45, 2.75) is 45.3 Å². The van der Waals surface area contributed by atoms with E-state index in [0.29, 0.717) is 5.92 Å². The molecule has 2 unspecified atom stereocenters. The topological polar surface area (TPSA) is 38.3 Å². The summed E-state index contributed by atoms with van der Waals surface area (Å²) in [5, 5.41) is 2.93. The van der Waals surface area contributed by atoms with Crippen LogP contribution in [0, 0.1) is 5.92 Å². The minimum Gasteiger partial charge on any atom is -0.444 e. The fraction of sp³-hybridized carbons (Fsp3) is 0.588. The molecule has 0 aliphatic carbocycles. The van der Waals surface area contributed by atoms with Gasteiger partial charge < -0.3 is 10.1 Å². The van der Waals surface area contributed by atoms with Crippen molar-refractivity contribution in [3.8, 4) is 0 Å². The summed E-state index contributed by atoms with van der Waals surface area (Å²) >= 11 is 1.94. The van der Waals surface area contributed by atoms with E-state index in [-0.39, 0.29) is 18.2 Å². The predicted octanol–water partition coefficient (Wildman–Crippen LogP) is 3.88. The van der Waals surface area contributed by atoms with E-state index < -0.39 is 0 Å². The molecule has 1 aliphatic rings. The number of hydrogen-bond donors (Lipinski definition) is 1. The van der Waals surface area contributed by atoms with Gasteiger partial charge in [-0.25, -0.2) is 4.79 Å². The molecule has 0 radical (unpaired) electrons. The SMILES string of the molecule is CC(C)CC1NC(=O)OC1CCSCCc1ccccc1. The van der Waals surface area contributed by atoms with Crippen LogP contribution in [0.1, 0.15) is 32.3 Å². The summed E-state index contributed by atoms with van der Waals surface area (Å²) in [6.45, 7) is 4.35. The highest BCUT2D eigenvalue weighted by molar-refractivity contribution is 7.99. The average molecular weight is 307 g/mol. The van der Waals surface area contributed by atoms with Crippen LogP contribution >= 0.6 is 11.8 Å². The first kappa shape index (κ1) is 16.2. The minimum atomic E-state index is -0.250. The second-order valence-corrected chi connectivity index (χ2v) is 7.19. The molecule has 1 saturated heterocycles. The number of alkyl carbamates (subject to hydrolysis) is 1. The highest BCUT2D eigenvalue weighted by atomic mass is 32.2. The van der Waals surface area contributed by atoms with Gasteiger partial charge in [0.05, 0.1) is 6.04 Å². The fourth-order valence-electron chi connectivity index (χ4n) is 2.61. The summed E-state index contributed by atoms with van der Waals surface area (Å²) in [7, 11) is 0. The van der Waals surface area contributed by atoms with Crippen LogP contribution in [0.5, 0.6) is 0 Å². The zero-order chi connectivity index (χ0) is 15.1. The molecule has 1 fully saturated rings. The van der Waals surface area contributed by atoms with Crippen LogP contribution in [-0.4, -0.2) is 29.7 Å². The number of carbonyl (C=O) groups is 1. The number of thioether (sulfide) groups is 1. The Morgan fingerprint density at radius 3 is 2.71 bits per heavy atom. The summed E-state index contributed by atoms with van der Waals surface area (Å²) < 4.78 is 5.38. The molecular weight excluding hydrogens is 282 g/mol. The first-order valence-corrected chi connectivity index (χ1v) is 8.89. The van der Waals surface area contributed by atoms with Crippen molar-refractivity contribution in [3.63, 3.8) is 0 Å². The molecule has 4 heteroatoms. The average Bonchev–Trinajstić information content (AvgIpc) is 2.79. The van der Waals surface area contributed by atoms with Gasteiger partial charge in [-0.3, -0.25) is 0 Å². The third kappa shape index (κ3) is 5.62. The molecule has 116 valence electrons. The van der Waals surface area contributed by atoms with Crippen LogP contribution in [0.2, 0.25) is 0 Å². The molecule has 21 heavy (non-hydrogen) atoms. The zero-order valence-corrected chi connectivity index (χ0v) is 13.7. The molecule has 1 aromatic carbocycles. The lowest BCUT2D eigenvalue weighted by atomic mass is 9.99. The Hall–Kier alpha value is -1.16. The summed E-state index contributed by atoms with van der Waals surface area (Å²) in [6, 6.07) is 10.7. The van der Waals surface area contributed by atoms with Gasteiger partial charge in [-0.15, -0.1) is 0 Å². The van der Waals surface area contributed by atoms with Gasteiger partial charge >= 0.3 is 6.09 Å². The van der Waals surface area contributed by atoms with Crippen LogP contribution in [0.4, 0.5) is 4.79 Å². The number of hydrogen-bond acceptors (Lipinski definition) is 3. The Bertz CT molecular complexity index is 436. The third-order valence-electron chi connectivity index (χ3n) is 3.66. The van der Waals surface area contributed by atoms with Crippen LogP contribution in [0.15, 0.2) is 30.3 Å². The minimum absolute atomic E-state index is 0.0455. The van der Waals surface area contributed by atoms with E-state index >= 15 is 0 Å². The Kier molecular flexibility index (Phi) is 6.43. The Labute approximate surface area is 131 Å². The molecule has 1 aliphatic heterocycles. The molecular formula is C17H25NO2S. The molecule has 2 rings (SSSR count). The van der Waals surface area contributed by atoms with E-state index in [1.54, 1.807) is 0 Å². The summed E-state index contributed by atoms with van der Waals surface area (Å²) in [6.07, 6.45) is 2.83. The molecule has 0 saturated carbocycles. The smallest absolute Gasteiger partial charge is 0.407 e. The standard InChI is InChI=1S/C17H25NO2S/c1-13(2)12-15-16(20-17(19)18-15)9-11-21-10-8-14-6-4-3-5-7-14/h3-7,13,15-16H,8-12H2,1-2H3,(H,18,19). The molecule has 0 bridgehead atoms. The lowest BCUT2D eigenvalue weighted by Gasteiger charge is -2.18. The van der Waals surface area contributed by atoms with E-state index in [0.717, 1.165) is 30.8 Å². The normalized spacial score (nSPS) is 21.4.